The van der Waals surface area contributed by atoms with Crippen molar-refractivity contribution in [3.8, 4) is 5.88 Å². The first-order valence-corrected chi connectivity index (χ1v) is 10.6. The van der Waals surface area contributed by atoms with Crippen molar-refractivity contribution in [3.63, 3.8) is 0 Å². The van der Waals surface area contributed by atoms with Crippen LogP contribution in [0.15, 0.2) is 23.3 Å². The molecule has 3 fully saturated rings. The van der Waals surface area contributed by atoms with Crippen LogP contribution in [0.3, 0.4) is 0 Å². The number of guanidine groups is 1. The van der Waals surface area contributed by atoms with E-state index in [1.165, 1.54) is 12.8 Å². The minimum atomic E-state index is 0. The number of halogens is 1. The zero-order valence-corrected chi connectivity index (χ0v) is 19.5. The average Bonchev–Trinajstić information content (AvgIpc) is 3.44. The van der Waals surface area contributed by atoms with Crippen LogP contribution >= 0.6 is 24.0 Å². The van der Waals surface area contributed by atoms with E-state index in [2.05, 4.69) is 26.3 Å². The second-order valence-corrected chi connectivity index (χ2v) is 7.84. The van der Waals surface area contributed by atoms with E-state index in [1.807, 2.05) is 19.3 Å². The van der Waals surface area contributed by atoms with Gasteiger partial charge < -0.3 is 24.4 Å². The van der Waals surface area contributed by atoms with E-state index in [0.29, 0.717) is 19.3 Å². The third-order valence-electron chi connectivity index (χ3n) is 5.82. The molecule has 0 radical (unpaired) electrons. The Labute approximate surface area is 190 Å². The fourth-order valence-corrected chi connectivity index (χ4v) is 4.26. The lowest BCUT2D eigenvalue weighted by Gasteiger charge is -2.37. The first-order chi connectivity index (χ1) is 13.8. The van der Waals surface area contributed by atoms with Gasteiger partial charge in [0, 0.05) is 45.6 Å². The first kappa shape index (κ1) is 22.6. The van der Waals surface area contributed by atoms with Gasteiger partial charge in [-0.1, -0.05) is 6.07 Å². The van der Waals surface area contributed by atoms with Crippen molar-refractivity contribution in [1.82, 2.24) is 15.2 Å². The molecule has 2 unspecified atom stereocenters. The van der Waals surface area contributed by atoms with Crippen molar-refractivity contribution in [2.75, 3.05) is 33.4 Å². The molecule has 4 rings (SSSR count). The van der Waals surface area contributed by atoms with Crippen LogP contribution in [0.1, 0.15) is 44.1 Å². The molecule has 0 bridgehead atoms. The zero-order valence-electron chi connectivity index (χ0n) is 17.2. The van der Waals surface area contributed by atoms with E-state index < -0.39 is 0 Å². The number of ether oxygens (including phenoxy) is 3. The Morgan fingerprint density at radius 1 is 1.17 bits per heavy atom. The third kappa shape index (κ3) is 6.18. The smallest absolute Gasteiger partial charge is 0.213 e. The molecule has 2 aliphatic heterocycles. The van der Waals surface area contributed by atoms with Crippen LogP contribution in [0.25, 0.3) is 0 Å². The van der Waals surface area contributed by atoms with Gasteiger partial charge in [0.05, 0.1) is 12.7 Å². The monoisotopic (exact) mass is 516 g/mol. The molecule has 1 aromatic rings. The number of aromatic nitrogens is 1. The minimum Gasteiger partial charge on any atom is -0.474 e. The normalized spacial score (nSPS) is 25.7. The predicted molar refractivity (Wildman–Crippen MR) is 123 cm³/mol. The van der Waals surface area contributed by atoms with Crippen molar-refractivity contribution >= 4 is 29.9 Å². The lowest BCUT2D eigenvalue weighted by Crippen LogP contribution is -2.53. The first-order valence-electron chi connectivity index (χ1n) is 10.6. The summed E-state index contributed by atoms with van der Waals surface area (Å²) in [7, 11) is 1.83. The van der Waals surface area contributed by atoms with Crippen LogP contribution in [0.4, 0.5) is 0 Å². The van der Waals surface area contributed by atoms with Gasteiger partial charge in [-0.15, -0.1) is 24.0 Å². The number of rotatable bonds is 5. The van der Waals surface area contributed by atoms with E-state index in [9.17, 15) is 0 Å². The molecule has 0 aromatic carbocycles. The van der Waals surface area contributed by atoms with Crippen molar-refractivity contribution in [2.24, 2.45) is 4.99 Å². The summed E-state index contributed by atoms with van der Waals surface area (Å²) in [5.41, 5.74) is 1.11. The summed E-state index contributed by atoms with van der Waals surface area (Å²) < 4.78 is 17.7. The molecule has 1 aromatic heterocycles. The molecule has 0 amide bonds. The van der Waals surface area contributed by atoms with Gasteiger partial charge in [-0.05, 0) is 44.1 Å². The van der Waals surface area contributed by atoms with Gasteiger partial charge >= 0.3 is 0 Å². The summed E-state index contributed by atoms with van der Waals surface area (Å²) in [6.45, 7) is 3.91. The molecule has 0 spiro atoms. The van der Waals surface area contributed by atoms with Gasteiger partial charge in [-0.3, -0.25) is 4.99 Å². The molecular formula is C21H33IN4O3. The number of nitrogens with one attached hydrogen (secondary N) is 1. The van der Waals surface area contributed by atoms with Crippen LogP contribution in [-0.2, 0) is 16.0 Å². The summed E-state index contributed by atoms with van der Waals surface area (Å²) >= 11 is 0. The van der Waals surface area contributed by atoms with Crippen LogP contribution in [-0.4, -0.2) is 67.5 Å². The molecule has 8 heteroatoms. The van der Waals surface area contributed by atoms with Crippen molar-refractivity contribution in [3.05, 3.63) is 23.9 Å². The van der Waals surface area contributed by atoms with Crippen LogP contribution in [0, 0.1) is 0 Å². The molecule has 1 N–H and O–H groups in total. The highest BCUT2D eigenvalue weighted by molar-refractivity contribution is 14.0. The van der Waals surface area contributed by atoms with Gasteiger partial charge in [-0.25, -0.2) is 4.98 Å². The number of morpholine rings is 1. The molecule has 1 aliphatic carbocycles. The Morgan fingerprint density at radius 3 is 2.69 bits per heavy atom. The lowest BCUT2D eigenvalue weighted by molar-refractivity contribution is -0.0817. The maximum atomic E-state index is 5.94. The lowest BCUT2D eigenvalue weighted by atomic mass is 10.1. The van der Waals surface area contributed by atoms with E-state index in [-0.39, 0.29) is 36.2 Å². The minimum absolute atomic E-state index is 0. The van der Waals surface area contributed by atoms with Crippen molar-refractivity contribution < 1.29 is 14.2 Å². The van der Waals surface area contributed by atoms with Gasteiger partial charge in [-0.2, -0.15) is 0 Å². The molecule has 1 saturated carbocycles. The van der Waals surface area contributed by atoms with Crippen LogP contribution in [0.2, 0.25) is 0 Å². The molecule has 3 heterocycles. The van der Waals surface area contributed by atoms with Gasteiger partial charge in [0.15, 0.2) is 5.96 Å². The molecule has 3 aliphatic rings. The average molecular weight is 516 g/mol. The molecule has 7 nitrogen and oxygen atoms in total. The van der Waals surface area contributed by atoms with Crippen molar-refractivity contribution in [1.29, 1.82) is 0 Å². The molecule has 2 atom stereocenters. The maximum absolute atomic E-state index is 5.94. The number of pyridine rings is 1. The molecule has 2 saturated heterocycles. The second-order valence-electron chi connectivity index (χ2n) is 7.84. The second kappa shape index (κ2) is 11.3. The van der Waals surface area contributed by atoms with E-state index in [4.69, 9.17) is 14.2 Å². The largest absolute Gasteiger partial charge is 0.474 e. The highest BCUT2D eigenvalue weighted by Gasteiger charge is 2.32. The molecule has 29 heavy (non-hydrogen) atoms. The predicted octanol–water partition coefficient (Wildman–Crippen LogP) is 2.98. The fraction of sp³-hybridized carbons (Fsp3) is 0.714. The van der Waals surface area contributed by atoms with Crippen molar-refractivity contribution in [2.45, 2.75) is 63.4 Å². The van der Waals surface area contributed by atoms with E-state index >= 15 is 0 Å². The number of hydrogen-bond donors (Lipinski definition) is 1. The summed E-state index contributed by atoms with van der Waals surface area (Å²) in [5, 5.41) is 3.46. The molecule has 162 valence electrons. The van der Waals surface area contributed by atoms with Gasteiger partial charge in [0.2, 0.25) is 5.88 Å². The summed E-state index contributed by atoms with van der Waals surface area (Å²) in [6.07, 6.45) is 9.62. The third-order valence-corrected chi connectivity index (χ3v) is 5.82. The quantitative estimate of drug-likeness (QED) is 0.369. The van der Waals surface area contributed by atoms with Gasteiger partial charge in [0.1, 0.15) is 12.2 Å². The van der Waals surface area contributed by atoms with Crippen LogP contribution in [0.5, 0.6) is 5.88 Å². The number of aliphatic imine (C=N–C) groups is 1. The number of hydrogen-bond acceptors (Lipinski definition) is 5. The zero-order chi connectivity index (χ0) is 19.2. The highest BCUT2D eigenvalue weighted by Crippen LogP contribution is 2.23. The Morgan fingerprint density at radius 2 is 2.00 bits per heavy atom. The standard InChI is InChI=1S/C21H32N4O3.HI/c1-22-21(25-10-12-27-19(15-25)18-7-4-11-26-18)24-14-16-8-9-20(23-13-16)28-17-5-2-3-6-17;/h8-9,13,17-19H,2-7,10-12,14-15H2,1H3,(H,22,24);1H. The van der Waals surface area contributed by atoms with Crippen LogP contribution < -0.4 is 10.1 Å². The summed E-state index contributed by atoms with van der Waals surface area (Å²) in [4.78, 5) is 11.2. The van der Waals surface area contributed by atoms with E-state index in [1.54, 1.807) is 0 Å². The Balaban J connectivity index is 0.00000240. The Bertz CT molecular complexity index is 646. The maximum Gasteiger partial charge on any atom is 0.213 e. The topological polar surface area (TPSA) is 68.2 Å². The Hall–Kier alpha value is -1.13. The number of nitrogens with zero attached hydrogens (tertiary/aromatic N) is 3. The fourth-order valence-electron chi connectivity index (χ4n) is 4.26. The summed E-state index contributed by atoms with van der Waals surface area (Å²) in [6, 6.07) is 4.05. The van der Waals surface area contributed by atoms with Gasteiger partial charge in [0.25, 0.3) is 0 Å². The molecular weight excluding hydrogens is 483 g/mol. The van der Waals surface area contributed by atoms with E-state index in [0.717, 1.165) is 62.8 Å². The Kier molecular flexibility index (Phi) is 8.80. The SMILES string of the molecule is CN=C(NCc1ccc(OC2CCCC2)nc1)N1CCOC(C2CCCO2)C1.I. The summed E-state index contributed by atoms with van der Waals surface area (Å²) in [5.74, 6) is 1.63. The highest BCUT2D eigenvalue weighted by atomic mass is 127.